The largest absolute Gasteiger partial charge is 0.494 e. The molecule has 0 fully saturated rings. The SMILES string of the molecule is CCOc1ccc2nc(NC(=O)C(Cl)Cl)sc2c1. The van der Waals surface area contributed by atoms with Crippen LogP contribution in [0.25, 0.3) is 10.2 Å². The lowest BCUT2D eigenvalue weighted by atomic mass is 10.3. The molecule has 0 atom stereocenters. The number of alkyl halides is 2. The molecule has 2 rings (SSSR count). The fourth-order valence-corrected chi connectivity index (χ4v) is 2.38. The molecule has 1 aromatic heterocycles. The first-order valence-electron chi connectivity index (χ1n) is 5.22. The quantitative estimate of drug-likeness (QED) is 0.880. The summed E-state index contributed by atoms with van der Waals surface area (Å²) in [5.41, 5.74) is 0.791. The first-order valence-corrected chi connectivity index (χ1v) is 6.91. The highest BCUT2D eigenvalue weighted by Gasteiger charge is 2.14. The number of hydrogen-bond donors (Lipinski definition) is 1. The summed E-state index contributed by atoms with van der Waals surface area (Å²) in [5.74, 6) is 0.293. The Bertz CT molecular complexity index is 571. The summed E-state index contributed by atoms with van der Waals surface area (Å²) in [6.07, 6.45) is 0. The molecule has 0 aliphatic rings. The summed E-state index contributed by atoms with van der Waals surface area (Å²) >= 11 is 12.2. The Hall–Kier alpha value is -1.04. The Morgan fingerprint density at radius 1 is 1.56 bits per heavy atom. The van der Waals surface area contributed by atoms with Gasteiger partial charge in [0.2, 0.25) is 0 Å². The van der Waals surface area contributed by atoms with Crippen LogP contribution >= 0.6 is 34.5 Å². The summed E-state index contributed by atoms with van der Waals surface area (Å²) in [7, 11) is 0. The van der Waals surface area contributed by atoms with Crippen LogP contribution in [0.4, 0.5) is 5.13 Å². The molecule has 1 heterocycles. The van der Waals surface area contributed by atoms with Gasteiger partial charge in [-0.1, -0.05) is 34.5 Å². The number of rotatable bonds is 4. The molecule has 0 aliphatic carbocycles. The second-order valence-electron chi connectivity index (χ2n) is 3.37. The summed E-state index contributed by atoms with van der Waals surface area (Å²) in [4.78, 5) is 14.5. The first-order chi connectivity index (χ1) is 8.60. The molecular weight excluding hydrogens is 295 g/mol. The third-order valence-corrected chi connectivity index (χ3v) is 3.43. The van der Waals surface area contributed by atoms with Gasteiger partial charge in [0.15, 0.2) is 9.97 Å². The topological polar surface area (TPSA) is 51.2 Å². The number of fused-ring (bicyclic) bond motifs is 1. The molecule has 0 aliphatic heterocycles. The van der Waals surface area contributed by atoms with E-state index in [4.69, 9.17) is 27.9 Å². The number of nitrogens with one attached hydrogen (secondary N) is 1. The van der Waals surface area contributed by atoms with Gasteiger partial charge >= 0.3 is 0 Å². The molecular formula is C11H10Cl2N2O2S. The van der Waals surface area contributed by atoms with E-state index in [1.54, 1.807) is 0 Å². The van der Waals surface area contributed by atoms with Crippen molar-refractivity contribution >= 4 is 55.8 Å². The standard InChI is InChI=1S/C11H10Cl2N2O2S/c1-2-17-6-3-4-7-8(5-6)18-11(14-7)15-10(16)9(12)13/h3-5,9H,2H2,1H3,(H,14,15,16). The van der Waals surface area contributed by atoms with Crippen LogP contribution in [0.3, 0.4) is 0 Å². The fourth-order valence-electron chi connectivity index (χ4n) is 1.37. The predicted octanol–water partition coefficient (Wildman–Crippen LogP) is 3.44. The van der Waals surface area contributed by atoms with Crippen LogP contribution in [-0.4, -0.2) is 22.3 Å². The maximum atomic E-state index is 11.3. The van der Waals surface area contributed by atoms with Crippen LogP contribution < -0.4 is 10.1 Å². The number of carbonyl (C=O) groups is 1. The van der Waals surface area contributed by atoms with Crippen molar-refractivity contribution in [1.29, 1.82) is 0 Å². The van der Waals surface area contributed by atoms with Crippen LogP contribution in [0.15, 0.2) is 18.2 Å². The highest BCUT2D eigenvalue weighted by molar-refractivity contribution is 7.22. The summed E-state index contributed by atoms with van der Waals surface area (Å²) < 4.78 is 6.32. The molecule has 0 radical (unpaired) electrons. The van der Waals surface area contributed by atoms with Crippen LogP contribution in [0, 0.1) is 0 Å². The van der Waals surface area contributed by atoms with E-state index < -0.39 is 10.7 Å². The Balaban J connectivity index is 2.24. The van der Waals surface area contributed by atoms with Gasteiger partial charge in [0, 0.05) is 0 Å². The summed E-state index contributed by atoms with van der Waals surface area (Å²) in [6, 6.07) is 5.56. The van der Waals surface area contributed by atoms with Gasteiger partial charge in [-0.3, -0.25) is 10.1 Å². The number of ether oxygens (including phenoxy) is 1. The van der Waals surface area contributed by atoms with E-state index in [1.807, 2.05) is 25.1 Å². The Morgan fingerprint density at radius 2 is 2.33 bits per heavy atom. The molecule has 0 saturated carbocycles. The highest BCUT2D eigenvalue weighted by Crippen LogP contribution is 2.29. The molecule has 0 saturated heterocycles. The maximum Gasteiger partial charge on any atom is 0.259 e. The van der Waals surface area contributed by atoms with Gasteiger partial charge in [0.05, 0.1) is 16.8 Å². The smallest absolute Gasteiger partial charge is 0.259 e. The van der Waals surface area contributed by atoms with Crippen molar-refractivity contribution in [3.63, 3.8) is 0 Å². The van der Waals surface area contributed by atoms with Crippen molar-refractivity contribution < 1.29 is 9.53 Å². The minimum Gasteiger partial charge on any atom is -0.494 e. The molecule has 96 valence electrons. The third kappa shape index (κ3) is 3.04. The lowest BCUT2D eigenvalue weighted by molar-refractivity contribution is -0.114. The van der Waals surface area contributed by atoms with Crippen molar-refractivity contribution in [2.75, 3.05) is 11.9 Å². The number of halogens is 2. The second-order valence-corrected chi connectivity index (χ2v) is 5.50. The van der Waals surface area contributed by atoms with Gasteiger partial charge in [-0.25, -0.2) is 4.98 Å². The van der Waals surface area contributed by atoms with E-state index in [1.165, 1.54) is 11.3 Å². The Kier molecular flexibility index (Phi) is 4.27. The van der Waals surface area contributed by atoms with Crippen LogP contribution in [-0.2, 0) is 4.79 Å². The van der Waals surface area contributed by atoms with Gasteiger partial charge in [0.1, 0.15) is 5.75 Å². The van der Waals surface area contributed by atoms with Gasteiger partial charge in [-0.05, 0) is 25.1 Å². The van der Waals surface area contributed by atoms with Crippen LogP contribution in [0.2, 0.25) is 0 Å². The average molecular weight is 305 g/mol. The molecule has 4 nitrogen and oxygen atoms in total. The van der Waals surface area contributed by atoms with E-state index in [0.717, 1.165) is 16.0 Å². The molecule has 18 heavy (non-hydrogen) atoms. The minimum atomic E-state index is -1.10. The van der Waals surface area contributed by atoms with Crippen molar-refractivity contribution in [2.45, 2.75) is 11.8 Å². The van der Waals surface area contributed by atoms with E-state index in [9.17, 15) is 4.79 Å². The van der Waals surface area contributed by atoms with Gasteiger partial charge in [0.25, 0.3) is 5.91 Å². The lowest BCUT2D eigenvalue weighted by Crippen LogP contribution is -2.18. The van der Waals surface area contributed by atoms with E-state index in [2.05, 4.69) is 10.3 Å². The van der Waals surface area contributed by atoms with Crippen LogP contribution in [0.5, 0.6) is 5.75 Å². The zero-order chi connectivity index (χ0) is 13.1. The van der Waals surface area contributed by atoms with Crippen LogP contribution in [0.1, 0.15) is 6.92 Å². The third-order valence-electron chi connectivity index (χ3n) is 2.10. The minimum absolute atomic E-state index is 0.468. The average Bonchev–Trinajstić information content (AvgIpc) is 2.70. The Morgan fingerprint density at radius 3 is 3.00 bits per heavy atom. The Labute approximate surface area is 118 Å². The number of carbonyl (C=O) groups excluding carboxylic acids is 1. The lowest BCUT2D eigenvalue weighted by Gasteiger charge is -2.00. The molecule has 0 bridgehead atoms. The zero-order valence-corrected chi connectivity index (χ0v) is 11.8. The fraction of sp³-hybridized carbons (Fsp3) is 0.273. The number of aromatic nitrogens is 1. The van der Waals surface area contributed by atoms with E-state index in [-0.39, 0.29) is 0 Å². The second kappa shape index (κ2) is 5.73. The number of anilines is 1. The van der Waals surface area contributed by atoms with Gasteiger partial charge in [-0.15, -0.1) is 0 Å². The van der Waals surface area contributed by atoms with Crippen molar-refractivity contribution in [3.8, 4) is 5.75 Å². The molecule has 2 aromatic rings. The molecule has 0 unspecified atom stereocenters. The normalized spacial score (nSPS) is 10.9. The van der Waals surface area contributed by atoms with Gasteiger partial charge < -0.3 is 4.74 Å². The van der Waals surface area contributed by atoms with Gasteiger partial charge in [-0.2, -0.15) is 0 Å². The number of amides is 1. The number of benzene rings is 1. The molecule has 0 spiro atoms. The zero-order valence-electron chi connectivity index (χ0n) is 9.44. The van der Waals surface area contributed by atoms with E-state index in [0.29, 0.717) is 11.7 Å². The number of hydrogen-bond acceptors (Lipinski definition) is 4. The van der Waals surface area contributed by atoms with E-state index >= 15 is 0 Å². The first kappa shape index (κ1) is 13.4. The summed E-state index contributed by atoms with van der Waals surface area (Å²) in [5, 5.41) is 3.01. The number of nitrogens with zero attached hydrogens (tertiary/aromatic N) is 1. The predicted molar refractivity (Wildman–Crippen MR) is 74.9 cm³/mol. The highest BCUT2D eigenvalue weighted by atomic mass is 35.5. The number of thiazole rings is 1. The molecule has 7 heteroatoms. The monoisotopic (exact) mass is 304 g/mol. The molecule has 1 amide bonds. The van der Waals surface area contributed by atoms with Crippen molar-refractivity contribution in [2.24, 2.45) is 0 Å². The van der Waals surface area contributed by atoms with Crippen molar-refractivity contribution in [3.05, 3.63) is 18.2 Å². The summed E-state index contributed by atoms with van der Waals surface area (Å²) in [6.45, 7) is 2.53. The molecule has 1 N–H and O–H groups in total. The molecule has 1 aromatic carbocycles. The maximum absolute atomic E-state index is 11.3. The van der Waals surface area contributed by atoms with Crippen molar-refractivity contribution in [1.82, 2.24) is 4.98 Å².